The Morgan fingerprint density at radius 2 is 1.61 bits per heavy atom. The number of rotatable bonds is 3. The van der Waals surface area contributed by atoms with Crippen molar-refractivity contribution in [2.45, 2.75) is 52.4 Å². The van der Waals surface area contributed by atoms with Gasteiger partial charge in [-0.05, 0) is 52.7 Å². The van der Waals surface area contributed by atoms with Crippen molar-refractivity contribution in [3.05, 3.63) is 34.9 Å². The van der Waals surface area contributed by atoms with Crippen molar-refractivity contribution in [3.8, 4) is 6.07 Å². The van der Waals surface area contributed by atoms with Crippen LogP contribution >= 0.6 is 0 Å². The van der Waals surface area contributed by atoms with Crippen LogP contribution in [0.25, 0.3) is 0 Å². The van der Waals surface area contributed by atoms with Crippen molar-refractivity contribution in [3.63, 3.8) is 0 Å². The summed E-state index contributed by atoms with van der Waals surface area (Å²) in [4.78, 5) is 11.7. The first-order valence-electron chi connectivity index (χ1n) is 6.16. The molecular weight excluding hydrogens is 222 g/mol. The molecule has 0 spiro atoms. The predicted molar refractivity (Wildman–Crippen MR) is 73.5 cm³/mol. The lowest BCUT2D eigenvalue weighted by Crippen LogP contribution is -2.27. The van der Waals surface area contributed by atoms with E-state index in [9.17, 15) is 10.1 Å². The van der Waals surface area contributed by atoms with E-state index >= 15 is 0 Å². The van der Waals surface area contributed by atoms with Crippen molar-refractivity contribution < 1.29 is 4.79 Å². The van der Waals surface area contributed by atoms with E-state index in [0.29, 0.717) is 0 Å². The summed E-state index contributed by atoms with van der Waals surface area (Å²) in [5.41, 5.74) is 1.99. The minimum atomic E-state index is -0.534. The molecule has 2 heteroatoms. The third-order valence-corrected chi connectivity index (χ3v) is 3.68. The summed E-state index contributed by atoms with van der Waals surface area (Å²) < 4.78 is 0. The van der Waals surface area contributed by atoms with Crippen LogP contribution in [0.2, 0.25) is 0 Å². The van der Waals surface area contributed by atoms with Gasteiger partial charge in [-0.15, -0.1) is 0 Å². The standard InChI is InChI=1S/C16H21NO/c1-11-7-13(15(3,4)10-17)9-14(8-11)16(5,6)12(2)18/h7-9H,1-6H3. The van der Waals surface area contributed by atoms with E-state index in [1.807, 2.05) is 52.8 Å². The Balaban J connectivity index is 3.44. The molecule has 0 atom stereocenters. The zero-order valence-corrected chi connectivity index (χ0v) is 12.1. The van der Waals surface area contributed by atoms with Crippen LogP contribution in [0.1, 0.15) is 51.3 Å². The molecule has 0 saturated heterocycles. The maximum atomic E-state index is 11.7. The smallest absolute Gasteiger partial charge is 0.139 e. The lowest BCUT2D eigenvalue weighted by Gasteiger charge is -2.25. The zero-order valence-electron chi connectivity index (χ0n) is 12.1. The molecule has 0 N–H and O–H groups in total. The molecule has 0 heterocycles. The lowest BCUT2D eigenvalue weighted by molar-refractivity contribution is -0.121. The molecule has 0 unspecified atom stereocenters. The first-order chi connectivity index (χ1) is 8.11. The second-order valence-electron chi connectivity index (χ2n) is 6.01. The van der Waals surface area contributed by atoms with Gasteiger partial charge in [-0.1, -0.05) is 23.8 Å². The topological polar surface area (TPSA) is 40.9 Å². The van der Waals surface area contributed by atoms with Gasteiger partial charge < -0.3 is 0 Å². The van der Waals surface area contributed by atoms with E-state index in [2.05, 4.69) is 6.07 Å². The van der Waals surface area contributed by atoms with Crippen molar-refractivity contribution in [1.82, 2.24) is 0 Å². The van der Waals surface area contributed by atoms with Gasteiger partial charge in [-0.2, -0.15) is 5.26 Å². The number of benzene rings is 1. The molecule has 0 bridgehead atoms. The summed E-state index contributed by atoms with van der Waals surface area (Å²) in [5, 5.41) is 9.22. The average molecular weight is 243 g/mol. The van der Waals surface area contributed by atoms with E-state index < -0.39 is 10.8 Å². The van der Waals surface area contributed by atoms with Gasteiger partial charge in [0.15, 0.2) is 0 Å². The monoisotopic (exact) mass is 243 g/mol. The molecule has 2 nitrogen and oxygen atoms in total. The molecule has 0 saturated carbocycles. The number of aryl methyl sites for hydroxylation is 1. The molecule has 0 amide bonds. The normalized spacial score (nSPS) is 12.1. The molecule has 0 aliphatic heterocycles. The van der Waals surface area contributed by atoms with Gasteiger partial charge in [0.05, 0.1) is 11.5 Å². The van der Waals surface area contributed by atoms with E-state index in [0.717, 1.165) is 16.7 Å². The van der Waals surface area contributed by atoms with Gasteiger partial charge in [0, 0.05) is 5.41 Å². The van der Waals surface area contributed by atoms with Crippen molar-refractivity contribution in [2.24, 2.45) is 0 Å². The fourth-order valence-corrected chi connectivity index (χ4v) is 1.77. The fraction of sp³-hybridized carbons (Fsp3) is 0.500. The van der Waals surface area contributed by atoms with E-state index in [1.165, 1.54) is 0 Å². The van der Waals surface area contributed by atoms with Crippen LogP contribution in [0, 0.1) is 18.3 Å². The van der Waals surface area contributed by atoms with Gasteiger partial charge in [0.1, 0.15) is 5.78 Å². The predicted octanol–water partition coefficient (Wildman–Crippen LogP) is 3.66. The maximum absolute atomic E-state index is 11.7. The number of hydrogen-bond donors (Lipinski definition) is 0. The summed E-state index contributed by atoms with van der Waals surface area (Å²) >= 11 is 0. The molecule has 0 aliphatic carbocycles. The van der Waals surface area contributed by atoms with Crippen LogP contribution in [0.5, 0.6) is 0 Å². The average Bonchev–Trinajstić information content (AvgIpc) is 2.28. The summed E-state index contributed by atoms with van der Waals surface area (Å²) in [6, 6.07) is 8.33. The first kappa shape index (κ1) is 14.4. The van der Waals surface area contributed by atoms with E-state index in [-0.39, 0.29) is 5.78 Å². The lowest BCUT2D eigenvalue weighted by atomic mass is 9.77. The largest absolute Gasteiger partial charge is 0.299 e. The molecule has 1 rings (SSSR count). The van der Waals surface area contributed by atoms with Gasteiger partial charge in [-0.3, -0.25) is 4.79 Å². The number of ketones is 1. The van der Waals surface area contributed by atoms with Crippen molar-refractivity contribution in [2.75, 3.05) is 0 Å². The van der Waals surface area contributed by atoms with Crippen molar-refractivity contribution in [1.29, 1.82) is 5.26 Å². The van der Waals surface area contributed by atoms with Gasteiger partial charge >= 0.3 is 0 Å². The minimum absolute atomic E-state index is 0.133. The minimum Gasteiger partial charge on any atom is -0.299 e. The number of Topliss-reactive ketones (excluding diaryl/α,β-unsaturated/α-hetero) is 1. The number of carbonyl (C=O) groups is 1. The number of hydrogen-bond acceptors (Lipinski definition) is 2. The highest BCUT2D eigenvalue weighted by atomic mass is 16.1. The van der Waals surface area contributed by atoms with E-state index in [4.69, 9.17) is 0 Å². The highest BCUT2D eigenvalue weighted by Crippen LogP contribution is 2.30. The Bertz CT molecular complexity index is 518. The Hall–Kier alpha value is -1.62. The zero-order chi connectivity index (χ0) is 14.1. The third kappa shape index (κ3) is 2.61. The Morgan fingerprint density at radius 3 is 2.06 bits per heavy atom. The third-order valence-electron chi connectivity index (χ3n) is 3.68. The second-order valence-corrected chi connectivity index (χ2v) is 6.01. The van der Waals surface area contributed by atoms with Crippen LogP contribution in [-0.4, -0.2) is 5.78 Å². The van der Waals surface area contributed by atoms with Crippen LogP contribution in [-0.2, 0) is 15.6 Å². The highest BCUT2D eigenvalue weighted by Gasteiger charge is 2.28. The Kier molecular flexibility index (Phi) is 3.67. The summed E-state index contributed by atoms with van der Waals surface area (Å²) in [6.07, 6.45) is 0. The van der Waals surface area contributed by atoms with Crippen molar-refractivity contribution >= 4 is 5.78 Å². The van der Waals surface area contributed by atoms with Gasteiger partial charge in [0.2, 0.25) is 0 Å². The molecule has 1 aromatic carbocycles. The molecule has 0 aromatic heterocycles. The van der Waals surface area contributed by atoms with Crippen LogP contribution < -0.4 is 0 Å². The molecule has 0 fully saturated rings. The number of nitrogens with zero attached hydrogens (tertiary/aromatic N) is 1. The first-order valence-corrected chi connectivity index (χ1v) is 6.16. The maximum Gasteiger partial charge on any atom is 0.139 e. The van der Waals surface area contributed by atoms with Crippen LogP contribution in [0.15, 0.2) is 18.2 Å². The van der Waals surface area contributed by atoms with Crippen LogP contribution in [0.4, 0.5) is 0 Å². The highest BCUT2D eigenvalue weighted by molar-refractivity contribution is 5.87. The van der Waals surface area contributed by atoms with Gasteiger partial charge in [0.25, 0.3) is 0 Å². The van der Waals surface area contributed by atoms with Gasteiger partial charge in [-0.25, -0.2) is 0 Å². The molecular formula is C16H21NO. The quantitative estimate of drug-likeness (QED) is 0.812. The summed E-state index contributed by atoms with van der Waals surface area (Å²) in [6.45, 7) is 11.2. The number of carbonyl (C=O) groups excluding carboxylic acids is 1. The summed E-state index contributed by atoms with van der Waals surface area (Å²) in [5.74, 6) is 0.133. The number of nitriles is 1. The second kappa shape index (κ2) is 4.57. The SMILES string of the molecule is CC(=O)C(C)(C)c1cc(C)cc(C(C)(C)C#N)c1. The fourth-order valence-electron chi connectivity index (χ4n) is 1.77. The summed E-state index contributed by atoms with van der Waals surface area (Å²) in [7, 11) is 0. The molecule has 0 aliphatic rings. The molecule has 96 valence electrons. The molecule has 1 aromatic rings. The van der Waals surface area contributed by atoms with E-state index in [1.54, 1.807) is 6.92 Å². The Labute approximate surface area is 110 Å². The molecule has 0 radical (unpaired) electrons. The van der Waals surface area contributed by atoms with Crippen LogP contribution in [0.3, 0.4) is 0 Å². The Morgan fingerprint density at radius 1 is 1.11 bits per heavy atom. The molecule has 18 heavy (non-hydrogen) atoms.